The van der Waals surface area contributed by atoms with Crippen LogP contribution in [0.2, 0.25) is 0 Å². The summed E-state index contributed by atoms with van der Waals surface area (Å²) >= 11 is 0. The number of nitrogens with one attached hydrogen (secondary N) is 2. The Morgan fingerprint density at radius 1 is 0.774 bits per heavy atom. The molecule has 1 unspecified atom stereocenters. The zero-order valence-corrected chi connectivity index (χ0v) is 36.7. The van der Waals surface area contributed by atoms with Crippen molar-refractivity contribution in [3.05, 3.63) is 113 Å². The molecule has 0 bridgehead atoms. The van der Waals surface area contributed by atoms with E-state index in [1.54, 1.807) is 4.68 Å². The number of imidazole rings is 2. The second-order valence-corrected chi connectivity index (χ2v) is 16.9. The maximum atomic E-state index is 13.4. The molecule has 0 amide bonds. The smallest absolute Gasteiger partial charge is 0.208 e. The van der Waals surface area contributed by atoms with E-state index in [2.05, 4.69) is 104 Å². The van der Waals surface area contributed by atoms with Gasteiger partial charge >= 0.3 is 0 Å². The van der Waals surface area contributed by atoms with Crippen molar-refractivity contribution in [3.8, 4) is 0 Å². The Morgan fingerprint density at radius 3 is 1.95 bits per heavy atom. The van der Waals surface area contributed by atoms with E-state index < -0.39 is 6.67 Å². The third-order valence-corrected chi connectivity index (χ3v) is 12.4. The number of aryl methyl sites for hydroxylation is 6. The summed E-state index contributed by atoms with van der Waals surface area (Å²) in [7, 11) is 0. The van der Waals surface area contributed by atoms with Crippen molar-refractivity contribution in [2.45, 2.75) is 104 Å². The summed E-state index contributed by atoms with van der Waals surface area (Å²) in [5.74, 6) is 1.46. The van der Waals surface area contributed by atoms with Gasteiger partial charge in [0, 0.05) is 55.7 Å². The molecule has 0 saturated carbocycles. The molecule has 1 saturated heterocycles. The molecule has 6 aromatic rings. The summed E-state index contributed by atoms with van der Waals surface area (Å²) in [5.41, 5.74) is 26.4. The number of rotatable bonds is 13. The zero-order valence-electron chi connectivity index (χ0n) is 36.7. The summed E-state index contributed by atoms with van der Waals surface area (Å²) in [6.07, 6.45) is 12.4. The second-order valence-electron chi connectivity index (χ2n) is 16.9. The molecule has 2 aliphatic heterocycles. The highest BCUT2D eigenvalue weighted by atomic mass is 19.1. The van der Waals surface area contributed by atoms with Crippen molar-refractivity contribution in [1.82, 2.24) is 43.6 Å². The summed E-state index contributed by atoms with van der Waals surface area (Å²) in [5, 5.41) is 16.4. The highest BCUT2D eigenvalue weighted by Crippen LogP contribution is 2.33. The van der Waals surface area contributed by atoms with Crippen molar-refractivity contribution < 1.29 is 4.39 Å². The van der Waals surface area contributed by atoms with Gasteiger partial charge in [0.2, 0.25) is 11.9 Å². The summed E-state index contributed by atoms with van der Waals surface area (Å²) in [6.45, 7) is 23.2. The monoisotopic (exact) mass is 840 g/mol. The van der Waals surface area contributed by atoms with Crippen molar-refractivity contribution in [2.75, 3.05) is 36.9 Å². The van der Waals surface area contributed by atoms with E-state index in [0.29, 0.717) is 49.4 Å². The number of halogens is 1. The lowest BCUT2D eigenvalue weighted by atomic mass is 9.93. The topological polar surface area (TPSA) is 151 Å². The molecule has 326 valence electrons. The van der Waals surface area contributed by atoms with Crippen LogP contribution in [0.15, 0.2) is 68.3 Å². The van der Waals surface area contributed by atoms with E-state index in [0.717, 1.165) is 113 Å². The molecule has 0 aliphatic carbocycles. The number of hydrogen-bond donors (Lipinski definition) is 4. The molecular weight excluding hydrogens is 778 g/mol. The van der Waals surface area contributed by atoms with Gasteiger partial charge in [-0.1, -0.05) is 38.3 Å². The number of anilines is 2. The normalized spacial score (nSPS) is 16.9. The Hall–Kier alpha value is -6.15. The standard InChI is InChI=1S/C48H62FN13/c1-7-61-44(26-32(3)56-61)35(6)53-48-55-43-30-39(34(5)51)28-37-14-16-40(58-20-9-8-10-21-58)15-13-36-27-38(33(4)50)29-42-45(36)59(22-11-12-23-60(48)46(37)43)47(54-42)52-19-17-41-25-31(2)57-62(41)24-18-49/h11-12,25-30,40H,4-10,13-24,50-51H2,1-3H3,(H,52,54)(H,53,55)/b12-11+. The van der Waals surface area contributed by atoms with Gasteiger partial charge < -0.3 is 36.1 Å². The fraction of sp³-hybridized carbons (Fsp3) is 0.417. The highest BCUT2D eigenvalue weighted by Gasteiger charge is 2.25. The first-order valence-corrected chi connectivity index (χ1v) is 22.2. The minimum absolute atomic E-state index is 0.242. The van der Waals surface area contributed by atoms with E-state index in [9.17, 15) is 4.39 Å². The lowest BCUT2D eigenvalue weighted by Gasteiger charge is -2.35. The van der Waals surface area contributed by atoms with Crippen LogP contribution in [-0.2, 0) is 45.4 Å². The molecule has 0 spiro atoms. The average molecular weight is 840 g/mol. The molecule has 6 N–H and O–H groups in total. The van der Waals surface area contributed by atoms with Crippen molar-refractivity contribution in [2.24, 2.45) is 11.5 Å². The number of alkyl halides is 1. The number of nitrogens with two attached hydrogens (primary N) is 2. The van der Waals surface area contributed by atoms with Crippen LogP contribution in [0.5, 0.6) is 0 Å². The minimum Gasteiger partial charge on any atom is -0.399 e. The molecule has 14 heteroatoms. The summed E-state index contributed by atoms with van der Waals surface area (Å²) in [6, 6.07) is 13.0. The van der Waals surface area contributed by atoms with Crippen LogP contribution >= 0.6 is 0 Å². The first-order valence-electron chi connectivity index (χ1n) is 22.2. The number of aromatic nitrogens is 8. The zero-order chi connectivity index (χ0) is 43.5. The van der Waals surface area contributed by atoms with Gasteiger partial charge in [0.25, 0.3) is 0 Å². The molecule has 1 fully saturated rings. The molecule has 1 atom stereocenters. The molecule has 62 heavy (non-hydrogen) atoms. The molecule has 6 heterocycles. The number of likely N-dealkylation sites (tertiary alicyclic amines) is 1. The molecular formula is C48H62FN13. The van der Waals surface area contributed by atoms with Crippen molar-refractivity contribution in [3.63, 3.8) is 0 Å². The first-order chi connectivity index (χ1) is 30.0. The second kappa shape index (κ2) is 18.4. The number of benzene rings is 2. The number of allylic oxidation sites excluding steroid dienone is 2. The Bertz CT molecular complexity index is 2650. The predicted molar refractivity (Wildman–Crippen MR) is 251 cm³/mol. The molecule has 2 aromatic carbocycles. The van der Waals surface area contributed by atoms with Gasteiger partial charge in [-0.3, -0.25) is 9.36 Å². The van der Waals surface area contributed by atoms with Crippen LogP contribution < -0.4 is 22.1 Å². The van der Waals surface area contributed by atoms with E-state index in [4.69, 9.17) is 21.4 Å². The molecule has 4 aromatic heterocycles. The van der Waals surface area contributed by atoms with Crippen LogP contribution in [0.3, 0.4) is 0 Å². The highest BCUT2D eigenvalue weighted by molar-refractivity contribution is 5.88. The Labute approximate surface area is 364 Å². The van der Waals surface area contributed by atoms with Gasteiger partial charge in [-0.05, 0) is 131 Å². The first kappa shape index (κ1) is 42.5. The molecule has 0 radical (unpaired) electrons. The van der Waals surface area contributed by atoms with Gasteiger partial charge in [-0.25, -0.2) is 14.4 Å². The van der Waals surface area contributed by atoms with Crippen molar-refractivity contribution >= 4 is 51.1 Å². The lowest BCUT2D eigenvalue weighted by molar-refractivity contribution is 0.148. The fourth-order valence-corrected chi connectivity index (χ4v) is 9.45. The lowest BCUT2D eigenvalue weighted by Crippen LogP contribution is -2.39. The fourth-order valence-electron chi connectivity index (χ4n) is 9.45. The van der Waals surface area contributed by atoms with Crippen LogP contribution in [0.25, 0.3) is 39.2 Å². The van der Waals surface area contributed by atoms with Gasteiger partial charge in [0.15, 0.2) is 0 Å². The Morgan fingerprint density at radius 2 is 1.35 bits per heavy atom. The van der Waals surface area contributed by atoms with Crippen LogP contribution in [-0.4, -0.2) is 75.9 Å². The Balaban J connectivity index is 1.22. The minimum atomic E-state index is -0.461. The average Bonchev–Trinajstić information content (AvgIpc) is 4.01. The SMILES string of the molecule is C=C(N)c1cc2c3c(c1)nc(NCCc1cc(C)nn1CCF)n3C/C=C/Cn1c(NC(=C)c3cc(C)nn3CC)nc3cc(C(=C)N)cc(c31)CCC(N1CCCCC1)CC2. The van der Waals surface area contributed by atoms with Gasteiger partial charge in [0.05, 0.1) is 51.4 Å². The van der Waals surface area contributed by atoms with E-state index in [1.807, 2.05) is 24.6 Å². The van der Waals surface area contributed by atoms with Crippen LogP contribution in [0, 0.1) is 13.8 Å². The predicted octanol–water partition coefficient (Wildman–Crippen LogP) is 7.97. The third kappa shape index (κ3) is 8.92. The van der Waals surface area contributed by atoms with Gasteiger partial charge in [-0.2, -0.15) is 10.2 Å². The van der Waals surface area contributed by atoms with Crippen LogP contribution in [0.4, 0.5) is 16.3 Å². The molecule has 13 nitrogen and oxygen atoms in total. The quantitative estimate of drug-likeness (QED) is 0.0850. The van der Waals surface area contributed by atoms with Crippen molar-refractivity contribution in [1.29, 1.82) is 0 Å². The van der Waals surface area contributed by atoms with Gasteiger partial charge in [-0.15, -0.1) is 0 Å². The van der Waals surface area contributed by atoms with E-state index in [1.165, 1.54) is 30.4 Å². The van der Waals surface area contributed by atoms with Crippen LogP contribution in [0.1, 0.15) is 84.1 Å². The number of nitrogens with zero attached hydrogens (tertiary/aromatic N) is 9. The third-order valence-electron chi connectivity index (χ3n) is 12.4. The van der Waals surface area contributed by atoms with Gasteiger partial charge in [0.1, 0.15) is 6.67 Å². The summed E-state index contributed by atoms with van der Waals surface area (Å²) < 4.78 is 21.7. The molecule has 8 rings (SSSR count). The van der Waals surface area contributed by atoms with E-state index in [-0.39, 0.29) is 6.54 Å². The number of hydrogen-bond acceptors (Lipinski definition) is 9. The number of piperidine rings is 1. The Kier molecular flexibility index (Phi) is 12.7. The largest absolute Gasteiger partial charge is 0.399 e. The van der Waals surface area contributed by atoms with E-state index >= 15 is 0 Å². The maximum Gasteiger partial charge on any atom is 0.208 e. The maximum absolute atomic E-state index is 13.4. The summed E-state index contributed by atoms with van der Waals surface area (Å²) in [4.78, 5) is 13.1. The molecule has 2 aliphatic rings.